The van der Waals surface area contributed by atoms with Gasteiger partial charge in [0.25, 0.3) is 0 Å². The number of methoxy groups -OCH3 is 1. The molecule has 2 rings (SSSR count). The van der Waals surface area contributed by atoms with E-state index in [1.54, 1.807) is 13.2 Å². The average molecular weight is 281 g/mol. The number of hydrogen-bond donors (Lipinski definition) is 1. The Morgan fingerprint density at radius 1 is 1.10 bits per heavy atom. The fourth-order valence-electron chi connectivity index (χ4n) is 1.84. The zero-order valence-corrected chi connectivity index (χ0v) is 12.3. The predicted octanol–water partition coefficient (Wildman–Crippen LogP) is 3.33. The quantitative estimate of drug-likeness (QED) is 0.854. The molecule has 0 unspecified atom stereocenters. The van der Waals surface area contributed by atoms with Crippen molar-refractivity contribution in [2.45, 2.75) is 13.5 Å². The third kappa shape index (κ3) is 4.80. The van der Waals surface area contributed by atoms with E-state index in [4.69, 9.17) is 4.74 Å². The second-order valence-electron chi connectivity index (χ2n) is 4.81. The molecule has 0 fully saturated rings. The molecule has 0 aliphatic rings. The Balaban J connectivity index is 1.85. The molecule has 0 atom stereocenters. The van der Waals surface area contributed by atoms with Crippen LogP contribution < -0.4 is 10.1 Å². The van der Waals surface area contributed by atoms with Crippen molar-refractivity contribution in [3.8, 4) is 5.75 Å². The Kier molecular flexibility index (Phi) is 5.16. The van der Waals surface area contributed by atoms with Crippen LogP contribution in [0.2, 0.25) is 0 Å². The number of rotatable bonds is 5. The molecular weight excluding hydrogens is 262 g/mol. The molecule has 0 spiro atoms. The molecule has 0 bridgehead atoms. The van der Waals surface area contributed by atoms with Gasteiger partial charge in [0.05, 0.1) is 7.11 Å². The minimum Gasteiger partial charge on any atom is -0.497 e. The van der Waals surface area contributed by atoms with Crippen LogP contribution in [0, 0.1) is 6.92 Å². The van der Waals surface area contributed by atoms with E-state index in [-0.39, 0.29) is 5.91 Å². The first kappa shape index (κ1) is 14.9. The monoisotopic (exact) mass is 281 g/mol. The van der Waals surface area contributed by atoms with Crippen molar-refractivity contribution in [1.82, 2.24) is 5.32 Å². The molecular formula is C18H19NO2. The number of amides is 1. The van der Waals surface area contributed by atoms with E-state index in [1.165, 1.54) is 11.6 Å². The highest BCUT2D eigenvalue weighted by Gasteiger charge is 1.97. The van der Waals surface area contributed by atoms with Gasteiger partial charge in [-0.3, -0.25) is 4.79 Å². The van der Waals surface area contributed by atoms with E-state index in [2.05, 4.69) is 5.32 Å². The first-order valence-electron chi connectivity index (χ1n) is 6.83. The van der Waals surface area contributed by atoms with Gasteiger partial charge in [0.1, 0.15) is 5.75 Å². The van der Waals surface area contributed by atoms with Crippen molar-refractivity contribution in [3.05, 3.63) is 71.3 Å². The van der Waals surface area contributed by atoms with Crippen LogP contribution in [0.1, 0.15) is 16.7 Å². The molecule has 1 amide bonds. The van der Waals surface area contributed by atoms with Gasteiger partial charge >= 0.3 is 0 Å². The molecule has 0 aromatic heterocycles. The molecule has 3 heteroatoms. The molecule has 1 N–H and O–H groups in total. The predicted molar refractivity (Wildman–Crippen MR) is 85.1 cm³/mol. The Morgan fingerprint density at radius 2 is 1.76 bits per heavy atom. The van der Waals surface area contributed by atoms with Crippen molar-refractivity contribution in [1.29, 1.82) is 0 Å². The maximum absolute atomic E-state index is 11.8. The summed E-state index contributed by atoms with van der Waals surface area (Å²) in [7, 11) is 1.63. The second kappa shape index (κ2) is 7.29. The lowest BCUT2D eigenvalue weighted by molar-refractivity contribution is -0.116. The Labute approximate surface area is 125 Å². The van der Waals surface area contributed by atoms with Gasteiger partial charge in [-0.05, 0) is 36.3 Å². The highest BCUT2D eigenvalue weighted by atomic mass is 16.5. The van der Waals surface area contributed by atoms with Crippen LogP contribution in [-0.4, -0.2) is 13.0 Å². The zero-order valence-electron chi connectivity index (χ0n) is 12.3. The summed E-state index contributed by atoms with van der Waals surface area (Å²) in [6.07, 6.45) is 3.32. The summed E-state index contributed by atoms with van der Waals surface area (Å²) in [5, 5.41) is 2.86. The molecule has 0 saturated heterocycles. The molecule has 0 aliphatic carbocycles. The van der Waals surface area contributed by atoms with Crippen molar-refractivity contribution in [2.75, 3.05) is 7.11 Å². The Morgan fingerprint density at radius 3 is 2.38 bits per heavy atom. The van der Waals surface area contributed by atoms with Gasteiger partial charge in [-0.2, -0.15) is 0 Å². The van der Waals surface area contributed by atoms with Crippen molar-refractivity contribution in [2.24, 2.45) is 0 Å². The Hall–Kier alpha value is -2.55. The lowest BCUT2D eigenvalue weighted by Gasteiger charge is -2.03. The summed E-state index contributed by atoms with van der Waals surface area (Å²) in [6.45, 7) is 2.58. The first-order valence-corrected chi connectivity index (χ1v) is 6.83. The van der Waals surface area contributed by atoms with Gasteiger partial charge in [-0.25, -0.2) is 0 Å². The van der Waals surface area contributed by atoms with Crippen LogP contribution in [0.4, 0.5) is 0 Å². The molecule has 0 radical (unpaired) electrons. The van der Waals surface area contributed by atoms with E-state index in [0.29, 0.717) is 6.54 Å². The molecule has 2 aromatic rings. The lowest BCUT2D eigenvalue weighted by Crippen LogP contribution is -2.20. The average Bonchev–Trinajstić information content (AvgIpc) is 2.53. The van der Waals surface area contributed by atoms with Crippen molar-refractivity contribution in [3.63, 3.8) is 0 Å². The summed E-state index contributed by atoms with van der Waals surface area (Å²) >= 11 is 0. The number of carbonyl (C=O) groups is 1. The smallest absolute Gasteiger partial charge is 0.244 e. The maximum atomic E-state index is 11.8. The number of carbonyl (C=O) groups excluding carboxylic acids is 1. The van der Waals surface area contributed by atoms with Gasteiger partial charge in [-0.1, -0.05) is 42.0 Å². The highest BCUT2D eigenvalue weighted by molar-refractivity contribution is 5.91. The SMILES string of the molecule is COc1ccc(C=CC(=O)NCc2ccc(C)cc2)cc1. The largest absolute Gasteiger partial charge is 0.497 e. The van der Waals surface area contributed by atoms with E-state index in [1.807, 2.05) is 55.5 Å². The van der Waals surface area contributed by atoms with E-state index >= 15 is 0 Å². The van der Waals surface area contributed by atoms with Crippen molar-refractivity contribution < 1.29 is 9.53 Å². The van der Waals surface area contributed by atoms with Gasteiger partial charge in [0.2, 0.25) is 5.91 Å². The van der Waals surface area contributed by atoms with Gasteiger partial charge in [0.15, 0.2) is 0 Å². The number of ether oxygens (including phenoxy) is 1. The standard InChI is InChI=1S/C18H19NO2/c1-14-3-5-16(6-4-14)13-19-18(20)12-9-15-7-10-17(21-2)11-8-15/h3-12H,13H2,1-2H3,(H,19,20). The molecule has 0 saturated carbocycles. The van der Waals surface area contributed by atoms with Crippen LogP contribution >= 0.6 is 0 Å². The van der Waals surface area contributed by atoms with Crippen LogP contribution in [-0.2, 0) is 11.3 Å². The number of hydrogen-bond acceptors (Lipinski definition) is 2. The molecule has 108 valence electrons. The molecule has 3 nitrogen and oxygen atoms in total. The summed E-state index contributed by atoms with van der Waals surface area (Å²) in [5.41, 5.74) is 3.26. The van der Waals surface area contributed by atoms with Crippen LogP contribution in [0.3, 0.4) is 0 Å². The highest BCUT2D eigenvalue weighted by Crippen LogP contribution is 2.12. The van der Waals surface area contributed by atoms with Gasteiger partial charge < -0.3 is 10.1 Å². The second-order valence-corrected chi connectivity index (χ2v) is 4.81. The van der Waals surface area contributed by atoms with E-state index in [0.717, 1.165) is 16.9 Å². The summed E-state index contributed by atoms with van der Waals surface area (Å²) in [6, 6.07) is 15.6. The van der Waals surface area contributed by atoms with E-state index in [9.17, 15) is 4.79 Å². The molecule has 0 heterocycles. The number of aryl methyl sites for hydroxylation is 1. The van der Waals surface area contributed by atoms with Crippen LogP contribution in [0.5, 0.6) is 5.75 Å². The maximum Gasteiger partial charge on any atom is 0.244 e. The summed E-state index contributed by atoms with van der Waals surface area (Å²) in [4.78, 5) is 11.8. The third-order valence-electron chi connectivity index (χ3n) is 3.13. The molecule has 0 aliphatic heterocycles. The van der Waals surface area contributed by atoms with Gasteiger partial charge in [0, 0.05) is 12.6 Å². The fourth-order valence-corrected chi connectivity index (χ4v) is 1.84. The van der Waals surface area contributed by atoms with E-state index < -0.39 is 0 Å². The van der Waals surface area contributed by atoms with Gasteiger partial charge in [-0.15, -0.1) is 0 Å². The summed E-state index contributed by atoms with van der Waals surface area (Å²) in [5.74, 6) is 0.697. The zero-order chi connectivity index (χ0) is 15.1. The number of nitrogens with one attached hydrogen (secondary N) is 1. The minimum absolute atomic E-state index is 0.105. The van der Waals surface area contributed by atoms with Crippen LogP contribution in [0.15, 0.2) is 54.6 Å². The third-order valence-corrected chi connectivity index (χ3v) is 3.13. The summed E-state index contributed by atoms with van der Waals surface area (Å²) < 4.78 is 5.09. The normalized spacial score (nSPS) is 10.6. The molecule has 2 aromatic carbocycles. The van der Waals surface area contributed by atoms with Crippen LogP contribution in [0.25, 0.3) is 6.08 Å². The Bertz CT molecular complexity index is 613. The topological polar surface area (TPSA) is 38.3 Å². The molecule has 21 heavy (non-hydrogen) atoms. The minimum atomic E-state index is -0.105. The number of benzene rings is 2. The van der Waals surface area contributed by atoms with Crippen molar-refractivity contribution >= 4 is 12.0 Å². The lowest BCUT2D eigenvalue weighted by atomic mass is 10.1. The fraction of sp³-hybridized carbons (Fsp3) is 0.167. The first-order chi connectivity index (χ1) is 10.2.